The van der Waals surface area contributed by atoms with Crippen LogP contribution in [0, 0.1) is 6.92 Å². The van der Waals surface area contributed by atoms with Crippen LogP contribution in [0.4, 0.5) is 0 Å². The van der Waals surface area contributed by atoms with Gasteiger partial charge in [0.25, 0.3) is 5.91 Å². The Labute approximate surface area is 137 Å². The molecule has 0 atom stereocenters. The molecule has 0 saturated carbocycles. The van der Waals surface area contributed by atoms with Gasteiger partial charge in [0, 0.05) is 38.5 Å². The Bertz CT molecular complexity index is 508. The van der Waals surface area contributed by atoms with E-state index in [9.17, 15) is 4.79 Å². The standard InChI is InChI=1S/C17H26N4O2/c1-14-12-19-16(13-18-14)17(22)21(15-4-10-23-11-5-15)9-8-20-6-2-3-7-20/h12-13,15H,2-11H2,1H3. The van der Waals surface area contributed by atoms with E-state index in [2.05, 4.69) is 14.9 Å². The number of hydrogen-bond donors (Lipinski definition) is 0. The van der Waals surface area contributed by atoms with E-state index in [0.717, 1.165) is 57.9 Å². The van der Waals surface area contributed by atoms with E-state index >= 15 is 0 Å². The third-order valence-electron chi connectivity index (χ3n) is 4.75. The van der Waals surface area contributed by atoms with Crippen molar-refractivity contribution in [3.63, 3.8) is 0 Å². The fraction of sp³-hybridized carbons (Fsp3) is 0.706. The van der Waals surface area contributed by atoms with E-state index in [0.29, 0.717) is 5.69 Å². The summed E-state index contributed by atoms with van der Waals surface area (Å²) in [5, 5.41) is 0. The summed E-state index contributed by atoms with van der Waals surface area (Å²) in [5.41, 5.74) is 1.28. The first kappa shape index (κ1) is 16.3. The minimum atomic E-state index is 0.00333. The Morgan fingerprint density at radius 1 is 1.26 bits per heavy atom. The zero-order valence-corrected chi connectivity index (χ0v) is 13.9. The maximum Gasteiger partial charge on any atom is 0.274 e. The number of nitrogens with zero attached hydrogens (tertiary/aromatic N) is 4. The number of amides is 1. The van der Waals surface area contributed by atoms with Crippen molar-refractivity contribution in [2.75, 3.05) is 39.4 Å². The molecule has 126 valence electrons. The molecule has 3 rings (SSSR count). The zero-order valence-electron chi connectivity index (χ0n) is 13.9. The van der Waals surface area contributed by atoms with Crippen LogP contribution in [0.25, 0.3) is 0 Å². The molecule has 6 heteroatoms. The summed E-state index contributed by atoms with van der Waals surface area (Å²) in [4.78, 5) is 25.9. The SMILES string of the molecule is Cc1cnc(C(=O)N(CCN2CCCC2)C2CCOCC2)cn1. The number of ether oxygens (including phenoxy) is 1. The Morgan fingerprint density at radius 3 is 2.65 bits per heavy atom. The lowest BCUT2D eigenvalue weighted by Crippen LogP contribution is -2.47. The fourth-order valence-corrected chi connectivity index (χ4v) is 3.35. The maximum absolute atomic E-state index is 12.9. The number of aryl methyl sites for hydroxylation is 1. The van der Waals surface area contributed by atoms with E-state index in [1.165, 1.54) is 12.8 Å². The van der Waals surface area contributed by atoms with Gasteiger partial charge in [-0.1, -0.05) is 0 Å². The molecule has 0 spiro atoms. The lowest BCUT2D eigenvalue weighted by Gasteiger charge is -2.35. The third kappa shape index (κ3) is 4.26. The van der Waals surface area contributed by atoms with Crippen molar-refractivity contribution < 1.29 is 9.53 Å². The first-order chi connectivity index (χ1) is 11.2. The summed E-state index contributed by atoms with van der Waals surface area (Å²) in [6, 6.07) is 0.252. The molecule has 0 radical (unpaired) electrons. The van der Waals surface area contributed by atoms with Gasteiger partial charge in [0.2, 0.25) is 0 Å². The maximum atomic E-state index is 12.9. The lowest BCUT2D eigenvalue weighted by atomic mass is 10.1. The second kappa shape index (κ2) is 7.84. The number of aromatic nitrogens is 2. The second-order valence-corrected chi connectivity index (χ2v) is 6.43. The highest BCUT2D eigenvalue weighted by Crippen LogP contribution is 2.17. The van der Waals surface area contributed by atoms with Gasteiger partial charge in [-0.2, -0.15) is 0 Å². The molecule has 23 heavy (non-hydrogen) atoms. The van der Waals surface area contributed by atoms with E-state index in [1.54, 1.807) is 12.4 Å². The molecular formula is C17H26N4O2. The molecule has 0 aliphatic carbocycles. The average molecular weight is 318 g/mol. The molecule has 1 aromatic rings. The number of carbonyl (C=O) groups excluding carboxylic acids is 1. The molecule has 0 aromatic carbocycles. The van der Waals surface area contributed by atoms with Crippen LogP contribution in [0.2, 0.25) is 0 Å². The van der Waals surface area contributed by atoms with Crippen molar-refractivity contribution in [1.29, 1.82) is 0 Å². The van der Waals surface area contributed by atoms with Gasteiger partial charge in [0.15, 0.2) is 0 Å². The zero-order chi connectivity index (χ0) is 16.1. The first-order valence-electron chi connectivity index (χ1n) is 8.64. The molecule has 2 saturated heterocycles. The van der Waals surface area contributed by atoms with Crippen LogP contribution in [-0.4, -0.2) is 71.1 Å². The second-order valence-electron chi connectivity index (χ2n) is 6.43. The Hall–Kier alpha value is -1.53. The minimum absolute atomic E-state index is 0.00333. The van der Waals surface area contributed by atoms with Gasteiger partial charge in [-0.3, -0.25) is 9.78 Å². The quantitative estimate of drug-likeness (QED) is 0.823. The summed E-state index contributed by atoms with van der Waals surface area (Å²) in [6.07, 6.45) is 7.62. The molecule has 1 amide bonds. The van der Waals surface area contributed by atoms with Crippen molar-refractivity contribution in [3.8, 4) is 0 Å². The van der Waals surface area contributed by atoms with Crippen molar-refractivity contribution >= 4 is 5.91 Å². The van der Waals surface area contributed by atoms with Gasteiger partial charge in [-0.25, -0.2) is 4.98 Å². The minimum Gasteiger partial charge on any atom is -0.381 e. The van der Waals surface area contributed by atoms with Crippen LogP contribution >= 0.6 is 0 Å². The summed E-state index contributed by atoms with van der Waals surface area (Å²) in [5.74, 6) is 0.00333. The molecule has 2 aliphatic heterocycles. The summed E-state index contributed by atoms with van der Waals surface area (Å²) in [7, 11) is 0. The topological polar surface area (TPSA) is 58.6 Å². The van der Waals surface area contributed by atoms with Crippen molar-refractivity contribution in [3.05, 3.63) is 23.8 Å². The van der Waals surface area contributed by atoms with Crippen LogP contribution in [0.3, 0.4) is 0 Å². The van der Waals surface area contributed by atoms with Gasteiger partial charge < -0.3 is 14.5 Å². The predicted molar refractivity (Wildman–Crippen MR) is 87.3 cm³/mol. The van der Waals surface area contributed by atoms with Crippen LogP contribution < -0.4 is 0 Å². The van der Waals surface area contributed by atoms with Crippen LogP contribution in [0.1, 0.15) is 41.9 Å². The number of rotatable bonds is 5. The van der Waals surface area contributed by atoms with Gasteiger partial charge in [-0.15, -0.1) is 0 Å². The predicted octanol–water partition coefficient (Wildman–Crippen LogP) is 1.50. The smallest absolute Gasteiger partial charge is 0.274 e. The first-order valence-corrected chi connectivity index (χ1v) is 8.64. The highest BCUT2D eigenvalue weighted by molar-refractivity contribution is 5.92. The van der Waals surface area contributed by atoms with Crippen LogP contribution in [0.5, 0.6) is 0 Å². The molecule has 1 aromatic heterocycles. The Morgan fingerprint density at radius 2 is 2.00 bits per heavy atom. The van der Waals surface area contributed by atoms with Gasteiger partial charge in [0.05, 0.1) is 11.9 Å². The molecule has 2 fully saturated rings. The highest BCUT2D eigenvalue weighted by atomic mass is 16.5. The average Bonchev–Trinajstić information content (AvgIpc) is 3.10. The molecular weight excluding hydrogens is 292 g/mol. The largest absolute Gasteiger partial charge is 0.381 e. The number of carbonyl (C=O) groups is 1. The molecule has 0 unspecified atom stereocenters. The monoisotopic (exact) mass is 318 g/mol. The highest BCUT2D eigenvalue weighted by Gasteiger charge is 2.28. The van der Waals surface area contributed by atoms with Crippen molar-refractivity contribution in [2.24, 2.45) is 0 Å². The normalized spacial score (nSPS) is 19.9. The van der Waals surface area contributed by atoms with Crippen LogP contribution in [-0.2, 0) is 4.74 Å². The summed E-state index contributed by atoms with van der Waals surface area (Å²) < 4.78 is 5.45. The molecule has 0 bridgehead atoms. The third-order valence-corrected chi connectivity index (χ3v) is 4.75. The summed E-state index contributed by atoms with van der Waals surface area (Å²) in [6.45, 7) is 7.36. The Kier molecular flexibility index (Phi) is 5.56. The summed E-state index contributed by atoms with van der Waals surface area (Å²) >= 11 is 0. The number of hydrogen-bond acceptors (Lipinski definition) is 5. The lowest BCUT2D eigenvalue weighted by molar-refractivity contribution is 0.0266. The van der Waals surface area contributed by atoms with Crippen molar-refractivity contribution in [1.82, 2.24) is 19.8 Å². The van der Waals surface area contributed by atoms with E-state index in [1.807, 2.05) is 11.8 Å². The van der Waals surface area contributed by atoms with Crippen LogP contribution in [0.15, 0.2) is 12.4 Å². The molecule has 0 N–H and O–H groups in total. The van der Waals surface area contributed by atoms with E-state index in [-0.39, 0.29) is 11.9 Å². The van der Waals surface area contributed by atoms with Crippen molar-refractivity contribution in [2.45, 2.75) is 38.6 Å². The molecule has 3 heterocycles. The van der Waals surface area contributed by atoms with E-state index < -0.39 is 0 Å². The van der Waals surface area contributed by atoms with Gasteiger partial charge >= 0.3 is 0 Å². The fourth-order valence-electron chi connectivity index (χ4n) is 3.35. The Balaban J connectivity index is 1.69. The van der Waals surface area contributed by atoms with E-state index in [4.69, 9.17) is 4.74 Å². The molecule has 6 nitrogen and oxygen atoms in total. The molecule has 2 aliphatic rings. The van der Waals surface area contributed by atoms with Gasteiger partial charge in [0.1, 0.15) is 5.69 Å². The number of likely N-dealkylation sites (tertiary alicyclic amines) is 1. The van der Waals surface area contributed by atoms with Gasteiger partial charge in [-0.05, 0) is 45.7 Å².